The quantitative estimate of drug-likeness (QED) is 0.690. The molecule has 1 aromatic heterocycles. The zero-order valence-corrected chi connectivity index (χ0v) is 6.88. The average molecular weight is 184 g/mol. The number of aromatic nitrogens is 1. The fourth-order valence-corrected chi connectivity index (χ4v) is 1.15. The number of phenols is 1. The molecular weight excluding hydrogens is 178 g/mol. The summed E-state index contributed by atoms with van der Waals surface area (Å²) in [5, 5.41) is 9.31. The summed E-state index contributed by atoms with van der Waals surface area (Å²) in [6, 6.07) is 4.99. The summed E-state index contributed by atoms with van der Waals surface area (Å²) in [5.74, 6) is 0.759. The number of phenolic OH excluding ortho intramolecular Hbond substituents is 1. The number of hydrogen-bond donors (Lipinski definition) is 1. The van der Waals surface area contributed by atoms with E-state index in [0.29, 0.717) is 17.0 Å². The topological polar surface area (TPSA) is 46.3 Å². The number of fused-ring (bicyclic) bond motifs is 1. The molecule has 0 saturated heterocycles. The smallest absolute Gasteiger partial charge is 0.210 e. The SMILES string of the molecule is Oc1cccc2oc(CCl)nc12. The van der Waals surface area contributed by atoms with E-state index >= 15 is 0 Å². The molecule has 0 atom stereocenters. The molecule has 62 valence electrons. The van der Waals surface area contributed by atoms with Crippen LogP contribution >= 0.6 is 11.6 Å². The molecule has 1 N–H and O–H groups in total. The molecule has 0 aliphatic rings. The van der Waals surface area contributed by atoms with E-state index in [0.717, 1.165) is 0 Å². The van der Waals surface area contributed by atoms with Gasteiger partial charge in [0.25, 0.3) is 0 Å². The van der Waals surface area contributed by atoms with Crippen molar-refractivity contribution in [2.24, 2.45) is 0 Å². The lowest BCUT2D eigenvalue weighted by molar-refractivity contribution is 0.480. The molecular formula is C8H6ClNO2. The number of nitrogens with zero attached hydrogens (tertiary/aromatic N) is 1. The van der Waals surface area contributed by atoms with Gasteiger partial charge >= 0.3 is 0 Å². The third-order valence-electron chi connectivity index (χ3n) is 1.56. The Morgan fingerprint density at radius 3 is 3.00 bits per heavy atom. The van der Waals surface area contributed by atoms with Crippen molar-refractivity contribution in [3.8, 4) is 5.75 Å². The molecule has 0 aliphatic carbocycles. The van der Waals surface area contributed by atoms with E-state index in [9.17, 15) is 5.11 Å². The van der Waals surface area contributed by atoms with E-state index < -0.39 is 0 Å². The molecule has 0 saturated carbocycles. The van der Waals surface area contributed by atoms with Gasteiger partial charge in [-0.25, -0.2) is 4.98 Å². The van der Waals surface area contributed by atoms with E-state index in [1.807, 2.05) is 0 Å². The lowest BCUT2D eigenvalue weighted by atomic mass is 10.3. The van der Waals surface area contributed by atoms with Gasteiger partial charge in [0.15, 0.2) is 11.1 Å². The zero-order valence-electron chi connectivity index (χ0n) is 6.12. The number of hydrogen-bond acceptors (Lipinski definition) is 3. The minimum atomic E-state index is 0.118. The predicted molar refractivity (Wildman–Crippen MR) is 45.2 cm³/mol. The largest absolute Gasteiger partial charge is 0.506 e. The summed E-state index contributed by atoms with van der Waals surface area (Å²) in [4.78, 5) is 3.98. The normalized spacial score (nSPS) is 10.8. The Morgan fingerprint density at radius 1 is 1.50 bits per heavy atom. The average Bonchev–Trinajstić information content (AvgIpc) is 2.49. The minimum absolute atomic E-state index is 0.118. The maximum Gasteiger partial charge on any atom is 0.210 e. The molecule has 12 heavy (non-hydrogen) atoms. The summed E-state index contributed by atoms with van der Waals surface area (Å²) in [5.41, 5.74) is 1.03. The van der Waals surface area contributed by atoms with Crippen molar-refractivity contribution in [3.63, 3.8) is 0 Å². The lowest BCUT2D eigenvalue weighted by Gasteiger charge is -1.87. The van der Waals surface area contributed by atoms with Crippen LogP contribution in [-0.2, 0) is 5.88 Å². The van der Waals surface area contributed by atoms with Crippen LogP contribution in [0.5, 0.6) is 5.75 Å². The lowest BCUT2D eigenvalue weighted by Crippen LogP contribution is -1.73. The summed E-state index contributed by atoms with van der Waals surface area (Å²) in [6.45, 7) is 0. The third-order valence-corrected chi connectivity index (χ3v) is 1.78. The molecule has 1 heterocycles. The highest BCUT2D eigenvalue weighted by molar-refractivity contribution is 6.16. The highest BCUT2D eigenvalue weighted by Gasteiger charge is 2.06. The first-order chi connectivity index (χ1) is 5.81. The Balaban J connectivity index is 2.74. The maximum absolute atomic E-state index is 9.31. The van der Waals surface area contributed by atoms with Crippen molar-refractivity contribution in [2.75, 3.05) is 0 Å². The molecule has 3 nitrogen and oxygen atoms in total. The van der Waals surface area contributed by atoms with Crippen LogP contribution < -0.4 is 0 Å². The molecule has 2 aromatic rings. The van der Waals surface area contributed by atoms with E-state index in [2.05, 4.69) is 4.98 Å². The number of aromatic hydroxyl groups is 1. The van der Waals surface area contributed by atoms with Crippen LogP contribution in [0.15, 0.2) is 22.6 Å². The van der Waals surface area contributed by atoms with Gasteiger partial charge in [0.1, 0.15) is 5.75 Å². The van der Waals surface area contributed by atoms with Gasteiger partial charge in [-0.3, -0.25) is 0 Å². The Kier molecular flexibility index (Phi) is 1.66. The standard InChI is InChI=1S/C8H6ClNO2/c9-4-7-10-8-5(11)2-1-3-6(8)12-7/h1-3,11H,4H2. The van der Waals surface area contributed by atoms with Gasteiger partial charge in [0.05, 0.1) is 5.88 Å². The minimum Gasteiger partial charge on any atom is -0.506 e. The van der Waals surface area contributed by atoms with Crippen LogP contribution in [0.1, 0.15) is 5.89 Å². The molecule has 0 spiro atoms. The Morgan fingerprint density at radius 2 is 2.33 bits per heavy atom. The molecule has 1 aromatic carbocycles. The van der Waals surface area contributed by atoms with Crippen LogP contribution in [0, 0.1) is 0 Å². The van der Waals surface area contributed by atoms with Crippen molar-refractivity contribution in [1.29, 1.82) is 0 Å². The van der Waals surface area contributed by atoms with E-state index in [-0.39, 0.29) is 11.6 Å². The third kappa shape index (κ3) is 1.02. The molecule has 4 heteroatoms. The second kappa shape index (κ2) is 2.68. The number of alkyl halides is 1. The number of benzene rings is 1. The summed E-state index contributed by atoms with van der Waals surface area (Å²) >= 11 is 5.51. The van der Waals surface area contributed by atoms with Gasteiger partial charge in [-0.1, -0.05) is 6.07 Å². The summed E-state index contributed by atoms with van der Waals surface area (Å²) in [7, 11) is 0. The highest BCUT2D eigenvalue weighted by atomic mass is 35.5. The number of halogens is 1. The number of rotatable bonds is 1. The molecule has 0 unspecified atom stereocenters. The van der Waals surface area contributed by atoms with Crippen molar-refractivity contribution in [1.82, 2.24) is 4.98 Å². The van der Waals surface area contributed by atoms with Crippen molar-refractivity contribution in [3.05, 3.63) is 24.1 Å². The van der Waals surface area contributed by atoms with Crippen LogP contribution in [0.4, 0.5) is 0 Å². The Bertz CT molecular complexity index is 410. The van der Waals surface area contributed by atoms with Gasteiger partial charge in [-0.15, -0.1) is 11.6 Å². The van der Waals surface area contributed by atoms with Crippen LogP contribution in [0.3, 0.4) is 0 Å². The number of oxazole rings is 1. The zero-order chi connectivity index (χ0) is 8.55. The highest BCUT2D eigenvalue weighted by Crippen LogP contribution is 2.24. The first-order valence-corrected chi connectivity index (χ1v) is 3.98. The van der Waals surface area contributed by atoms with Gasteiger partial charge in [-0.2, -0.15) is 0 Å². The first-order valence-electron chi connectivity index (χ1n) is 3.44. The van der Waals surface area contributed by atoms with Gasteiger partial charge < -0.3 is 9.52 Å². The van der Waals surface area contributed by atoms with Crippen LogP contribution in [0.2, 0.25) is 0 Å². The predicted octanol–water partition coefficient (Wildman–Crippen LogP) is 2.27. The Labute approximate surface area is 73.6 Å². The van der Waals surface area contributed by atoms with E-state index in [1.165, 1.54) is 0 Å². The van der Waals surface area contributed by atoms with Crippen molar-refractivity contribution >= 4 is 22.7 Å². The second-order valence-corrected chi connectivity index (χ2v) is 2.63. The fraction of sp³-hybridized carbons (Fsp3) is 0.125. The van der Waals surface area contributed by atoms with Crippen LogP contribution in [0.25, 0.3) is 11.1 Å². The first kappa shape index (κ1) is 7.43. The van der Waals surface area contributed by atoms with E-state index in [1.54, 1.807) is 18.2 Å². The molecule has 0 amide bonds. The molecule has 0 radical (unpaired) electrons. The monoisotopic (exact) mass is 183 g/mol. The van der Waals surface area contributed by atoms with Gasteiger partial charge in [0, 0.05) is 0 Å². The second-order valence-electron chi connectivity index (χ2n) is 2.37. The molecule has 0 fully saturated rings. The van der Waals surface area contributed by atoms with Crippen molar-refractivity contribution in [2.45, 2.75) is 5.88 Å². The summed E-state index contributed by atoms with van der Waals surface area (Å²) < 4.78 is 5.19. The number of para-hydroxylation sites is 1. The molecule has 0 bridgehead atoms. The van der Waals surface area contributed by atoms with Gasteiger partial charge in [-0.05, 0) is 12.1 Å². The van der Waals surface area contributed by atoms with Gasteiger partial charge in [0.2, 0.25) is 5.89 Å². The molecule has 0 aliphatic heterocycles. The summed E-state index contributed by atoms with van der Waals surface area (Å²) in [6.07, 6.45) is 0. The maximum atomic E-state index is 9.31. The van der Waals surface area contributed by atoms with Crippen LogP contribution in [-0.4, -0.2) is 10.1 Å². The van der Waals surface area contributed by atoms with Crippen molar-refractivity contribution < 1.29 is 9.52 Å². The Hall–Kier alpha value is -1.22. The fourth-order valence-electron chi connectivity index (χ4n) is 1.04. The molecule has 2 rings (SSSR count). The van der Waals surface area contributed by atoms with E-state index in [4.69, 9.17) is 16.0 Å².